The molecule has 0 radical (unpaired) electrons. The Morgan fingerprint density at radius 1 is 0.933 bits per heavy atom. The van der Waals surface area contributed by atoms with Crippen LogP contribution in [0, 0.1) is 13.8 Å². The van der Waals surface area contributed by atoms with Crippen LogP contribution in [0.4, 0.5) is 4.39 Å². The third-order valence-electron chi connectivity index (χ3n) is 5.72. The summed E-state index contributed by atoms with van der Waals surface area (Å²) < 4.78 is 24.4. The molecule has 3 aromatic carbocycles. The van der Waals surface area contributed by atoms with Crippen LogP contribution in [0.3, 0.4) is 0 Å². The molecule has 2 aromatic heterocycles. The topological polar surface area (TPSA) is 12.9 Å². The molecule has 3 heteroatoms. The Morgan fingerprint density at radius 2 is 1.73 bits per heavy atom. The monoisotopic (exact) mass is 412 g/mol. The lowest BCUT2D eigenvalue weighted by atomic mass is 9.93. The van der Waals surface area contributed by atoms with E-state index in [1.807, 2.05) is 18.2 Å². The Bertz CT molecular complexity index is 1430. The molecular weight excluding hydrogens is 389 g/mol. The minimum absolute atomic E-state index is 0.314. The Balaban J connectivity index is 1.78. The number of alkyl halides is 1. The smallest absolute Gasteiger partial charge is 0.122 e. The zero-order chi connectivity index (χ0) is 21.8. The summed E-state index contributed by atoms with van der Waals surface area (Å²) in [6.45, 7) is 5.62. The van der Waals surface area contributed by atoms with Crippen LogP contribution in [0.2, 0.25) is 0 Å². The van der Waals surface area contributed by atoms with E-state index in [4.69, 9.17) is 1.37 Å². The number of aromatic nitrogens is 1. The van der Waals surface area contributed by atoms with E-state index in [1.54, 1.807) is 29.7 Å². The van der Waals surface area contributed by atoms with E-state index in [0.29, 0.717) is 11.3 Å². The number of pyridine rings is 1. The van der Waals surface area contributed by atoms with Crippen molar-refractivity contribution in [2.45, 2.75) is 26.9 Å². The summed E-state index contributed by atoms with van der Waals surface area (Å²) in [5, 5.41) is 2.42. The molecule has 0 aliphatic rings. The minimum Gasteiger partial charge on any atom is -0.256 e. The summed E-state index contributed by atoms with van der Waals surface area (Å²) in [6.07, 6.45) is -0.559. The van der Waals surface area contributed by atoms with Gasteiger partial charge in [0.2, 0.25) is 0 Å². The highest BCUT2D eigenvalue weighted by Crippen LogP contribution is 2.44. The second kappa shape index (κ2) is 7.33. The first kappa shape index (κ1) is 17.8. The molecule has 1 nitrogen and oxygen atoms in total. The second-order valence-electron chi connectivity index (χ2n) is 7.68. The average molecular weight is 413 g/mol. The fraction of sp³-hybridized carbons (Fsp3) is 0.148. The molecule has 1 atom stereocenters. The Kier molecular flexibility index (Phi) is 4.35. The SMILES string of the molecule is [2H]C(C)(F)c1ccnc(-c2cccc3c2sc2c(C)c(-c4ccccc4)c(C)cc23)c1. The van der Waals surface area contributed by atoms with Crippen molar-refractivity contribution in [3.63, 3.8) is 0 Å². The first-order chi connectivity index (χ1) is 14.8. The van der Waals surface area contributed by atoms with Gasteiger partial charge in [0.15, 0.2) is 0 Å². The van der Waals surface area contributed by atoms with Crippen LogP contribution >= 0.6 is 11.3 Å². The van der Waals surface area contributed by atoms with Gasteiger partial charge in [0.05, 0.1) is 7.06 Å². The van der Waals surface area contributed by atoms with Gasteiger partial charge in [-0.1, -0.05) is 48.5 Å². The predicted molar refractivity (Wildman–Crippen MR) is 127 cm³/mol. The maximum absolute atomic E-state index is 14.2. The van der Waals surface area contributed by atoms with Gasteiger partial charge in [-0.2, -0.15) is 0 Å². The van der Waals surface area contributed by atoms with Crippen LogP contribution in [0.15, 0.2) is 72.9 Å². The Morgan fingerprint density at radius 3 is 2.50 bits per heavy atom. The van der Waals surface area contributed by atoms with Gasteiger partial charge in [-0.3, -0.25) is 4.98 Å². The van der Waals surface area contributed by atoms with Crippen molar-refractivity contribution in [3.05, 3.63) is 89.6 Å². The van der Waals surface area contributed by atoms with E-state index in [-0.39, 0.29) is 0 Å². The summed E-state index contributed by atoms with van der Waals surface area (Å²) >= 11 is 1.76. The molecule has 0 bridgehead atoms. The van der Waals surface area contributed by atoms with Crippen LogP contribution in [-0.2, 0) is 0 Å². The highest BCUT2D eigenvalue weighted by molar-refractivity contribution is 7.26. The number of halogens is 1. The van der Waals surface area contributed by atoms with Gasteiger partial charge in [0.25, 0.3) is 0 Å². The number of rotatable bonds is 3. The molecule has 0 N–H and O–H groups in total. The van der Waals surface area contributed by atoms with Crippen LogP contribution < -0.4 is 0 Å². The van der Waals surface area contributed by atoms with Crippen LogP contribution in [0.5, 0.6) is 0 Å². The van der Waals surface area contributed by atoms with Gasteiger partial charge in [0.1, 0.15) is 6.15 Å². The van der Waals surface area contributed by atoms with Crippen molar-refractivity contribution < 1.29 is 5.76 Å². The molecule has 5 rings (SSSR count). The number of thiophene rings is 1. The van der Waals surface area contributed by atoms with Crippen molar-refractivity contribution in [1.82, 2.24) is 4.98 Å². The van der Waals surface area contributed by atoms with Crippen molar-refractivity contribution in [3.8, 4) is 22.4 Å². The molecule has 1 unspecified atom stereocenters. The number of aryl methyl sites for hydroxylation is 2. The second-order valence-corrected chi connectivity index (χ2v) is 8.70. The molecular formula is C27H22FNS. The van der Waals surface area contributed by atoms with Gasteiger partial charge >= 0.3 is 0 Å². The van der Waals surface area contributed by atoms with E-state index in [9.17, 15) is 4.39 Å². The van der Waals surface area contributed by atoms with Crippen molar-refractivity contribution >= 4 is 31.5 Å². The summed E-state index contributed by atoms with van der Waals surface area (Å²) in [5.41, 5.74) is 7.02. The summed E-state index contributed by atoms with van der Waals surface area (Å²) in [5.74, 6) is 0. The third kappa shape index (κ3) is 3.01. The molecule has 30 heavy (non-hydrogen) atoms. The van der Waals surface area contributed by atoms with Crippen LogP contribution in [0.25, 0.3) is 42.6 Å². The first-order valence-electron chi connectivity index (χ1n) is 10.5. The van der Waals surface area contributed by atoms with Gasteiger partial charge in [-0.05, 0) is 66.8 Å². The van der Waals surface area contributed by atoms with E-state index in [2.05, 4.69) is 55.2 Å². The van der Waals surface area contributed by atoms with Crippen molar-refractivity contribution in [2.24, 2.45) is 0 Å². The van der Waals surface area contributed by atoms with Crippen molar-refractivity contribution in [1.29, 1.82) is 0 Å². The summed E-state index contributed by atoms with van der Waals surface area (Å²) in [6, 6.07) is 22.3. The normalized spacial score (nSPS) is 14.1. The maximum atomic E-state index is 14.2. The molecule has 0 spiro atoms. The third-order valence-corrected chi connectivity index (χ3v) is 7.10. The zero-order valence-corrected chi connectivity index (χ0v) is 18.0. The van der Waals surface area contributed by atoms with Crippen LogP contribution in [0.1, 0.15) is 31.1 Å². The molecule has 0 aliphatic heterocycles. The van der Waals surface area contributed by atoms with Gasteiger partial charge < -0.3 is 0 Å². The Labute approximate surface area is 181 Å². The number of hydrogen-bond acceptors (Lipinski definition) is 2. The Hall–Kier alpha value is -3.04. The molecule has 0 saturated carbocycles. The quantitative estimate of drug-likeness (QED) is 0.290. The van der Waals surface area contributed by atoms with Crippen molar-refractivity contribution in [2.75, 3.05) is 0 Å². The van der Waals surface area contributed by atoms with E-state index in [0.717, 1.165) is 10.3 Å². The van der Waals surface area contributed by atoms with E-state index >= 15 is 0 Å². The van der Waals surface area contributed by atoms with Gasteiger partial charge in [0, 0.05) is 31.9 Å². The molecule has 0 amide bonds. The summed E-state index contributed by atoms with van der Waals surface area (Å²) in [4.78, 5) is 4.51. The molecule has 148 valence electrons. The number of fused-ring (bicyclic) bond motifs is 3. The standard InChI is InChI=1S/C27H22FNS/c1-16-14-23-21-10-7-11-22(24-15-20(18(3)28)12-13-29-24)27(21)30-26(23)17(2)25(16)19-8-5-4-6-9-19/h4-15,18H,1-3H3/i18D. The molecule has 0 saturated heterocycles. The maximum Gasteiger partial charge on any atom is 0.122 e. The number of benzene rings is 3. The van der Waals surface area contributed by atoms with E-state index in [1.165, 1.54) is 44.6 Å². The molecule has 2 heterocycles. The minimum atomic E-state index is -2.15. The number of hydrogen-bond donors (Lipinski definition) is 0. The van der Waals surface area contributed by atoms with Crippen LogP contribution in [-0.4, -0.2) is 4.98 Å². The fourth-order valence-corrected chi connectivity index (χ4v) is 5.61. The summed E-state index contributed by atoms with van der Waals surface area (Å²) in [7, 11) is 0. The largest absolute Gasteiger partial charge is 0.256 e. The molecule has 5 aromatic rings. The molecule has 0 fully saturated rings. The van der Waals surface area contributed by atoms with Gasteiger partial charge in [-0.15, -0.1) is 11.3 Å². The highest BCUT2D eigenvalue weighted by Gasteiger charge is 2.17. The lowest BCUT2D eigenvalue weighted by Crippen LogP contribution is -1.90. The van der Waals surface area contributed by atoms with Gasteiger partial charge in [-0.25, -0.2) is 4.39 Å². The lowest BCUT2D eigenvalue weighted by molar-refractivity contribution is 0.374. The average Bonchev–Trinajstić information content (AvgIpc) is 3.13. The highest BCUT2D eigenvalue weighted by atomic mass is 32.1. The van der Waals surface area contributed by atoms with E-state index < -0.39 is 6.15 Å². The number of nitrogens with zero attached hydrogens (tertiary/aromatic N) is 1. The molecule has 0 aliphatic carbocycles. The lowest BCUT2D eigenvalue weighted by Gasteiger charge is -2.11. The zero-order valence-electron chi connectivity index (χ0n) is 18.2. The predicted octanol–water partition coefficient (Wildman–Crippen LogP) is 8.43. The first-order valence-corrected chi connectivity index (χ1v) is 10.8. The fourth-order valence-electron chi connectivity index (χ4n) is 4.30.